The van der Waals surface area contributed by atoms with Crippen LogP contribution < -0.4 is 10.5 Å². The Labute approximate surface area is 113 Å². The van der Waals surface area contributed by atoms with Crippen LogP contribution in [0.25, 0.3) is 0 Å². The summed E-state index contributed by atoms with van der Waals surface area (Å²) in [5.74, 6) is -0.619. The average Bonchev–Trinajstić information content (AvgIpc) is 2.35. The minimum atomic E-state index is -3.86. The van der Waals surface area contributed by atoms with Crippen molar-refractivity contribution < 1.29 is 12.8 Å². The number of benzene rings is 1. The van der Waals surface area contributed by atoms with E-state index in [1.54, 1.807) is 0 Å². The van der Waals surface area contributed by atoms with Crippen LogP contribution in [0.4, 0.5) is 10.1 Å². The van der Waals surface area contributed by atoms with E-state index in [9.17, 15) is 12.8 Å². The number of sulfonamides is 1. The zero-order valence-corrected chi connectivity index (χ0v) is 12.0. The molecule has 0 fully saturated rings. The summed E-state index contributed by atoms with van der Waals surface area (Å²) < 4.78 is 35.8. The Morgan fingerprint density at radius 3 is 2.42 bits per heavy atom. The van der Waals surface area contributed by atoms with E-state index < -0.39 is 15.8 Å². The molecule has 5 nitrogen and oxygen atoms in total. The van der Waals surface area contributed by atoms with Gasteiger partial charge in [0, 0.05) is 13.1 Å². The third kappa shape index (κ3) is 4.77. The number of likely N-dealkylation sites (N-methyl/N-ethyl adjacent to an activating group) is 1. The van der Waals surface area contributed by atoms with E-state index in [-0.39, 0.29) is 10.6 Å². The van der Waals surface area contributed by atoms with E-state index in [1.807, 2.05) is 0 Å². The van der Waals surface area contributed by atoms with E-state index in [0.717, 1.165) is 25.7 Å². The maximum atomic E-state index is 13.7. The van der Waals surface area contributed by atoms with Crippen LogP contribution in [0.3, 0.4) is 0 Å². The van der Waals surface area contributed by atoms with E-state index in [2.05, 4.69) is 24.1 Å². The van der Waals surface area contributed by atoms with Gasteiger partial charge in [-0.25, -0.2) is 17.9 Å². The molecule has 0 radical (unpaired) electrons. The quantitative estimate of drug-likeness (QED) is 0.791. The van der Waals surface area contributed by atoms with Crippen LogP contribution in [-0.4, -0.2) is 39.5 Å². The molecule has 19 heavy (non-hydrogen) atoms. The molecule has 0 atom stereocenters. The highest BCUT2D eigenvalue weighted by molar-refractivity contribution is 7.89. The second-order valence-corrected chi connectivity index (χ2v) is 5.70. The molecule has 1 aromatic carbocycles. The van der Waals surface area contributed by atoms with Gasteiger partial charge in [0.05, 0.1) is 10.6 Å². The normalized spacial score (nSPS) is 11.8. The fraction of sp³-hybridized carbons (Fsp3) is 0.500. The van der Waals surface area contributed by atoms with E-state index in [0.29, 0.717) is 6.54 Å². The first-order valence-electron chi connectivity index (χ1n) is 6.17. The number of nitrogens with zero attached hydrogens (tertiary/aromatic N) is 1. The molecule has 0 aliphatic carbocycles. The minimum Gasteiger partial charge on any atom is -0.381 e. The van der Waals surface area contributed by atoms with Gasteiger partial charge in [0.15, 0.2) is 0 Å². The monoisotopic (exact) mass is 289 g/mol. The summed E-state index contributed by atoms with van der Waals surface area (Å²) in [6, 6.07) is 3.60. The van der Waals surface area contributed by atoms with Crippen molar-refractivity contribution in [2.45, 2.75) is 18.7 Å². The molecule has 0 heterocycles. The van der Waals surface area contributed by atoms with Gasteiger partial charge in [-0.1, -0.05) is 13.8 Å². The van der Waals surface area contributed by atoms with Crippen molar-refractivity contribution in [3.63, 3.8) is 0 Å². The smallest absolute Gasteiger partial charge is 0.238 e. The summed E-state index contributed by atoms with van der Waals surface area (Å²) in [4.78, 5) is 1.98. The number of primary sulfonamides is 1. The van der Waals surface area contributed by atoms with Crippen LogP contribution in [0.2, 0.25) is 0 Å². The predicted octanol–water partition coefficient (Wildman–Crippen LogP) is 1.23. The Hall–Kier alpha value is -1.18. The topological polar surface area (TPSA) is 75.4 Å². The Bertz CT molecular complexity index is 516. The molecule has 0 amide bonds. The van der Waals surface area contributed by atoms with E-state index in [4.69, 9.17) is 5.14 Å². The maximum Gasteiger partial charge on any atom is 0.238 e. The van der Waals surface area contributed by atoms with E-state index >= 15 is 0 Å². The molecule has 0 aromatic heterocycles. The third-order valence-corrected chi connectivity index (χ3v) is 3.82. The van der Waals surface area contributed by atoms with Gasteiger partial charge in [0.25, 0.3) is 0 Å². The van der Waals surface area contributed by atoms with Crippen LogP contribution in [-0.2, 0) is 10.0 Å². The number of nitrogens with two attached hydrogens (primary N) is 1. The SMILES string of the molecule is CCN(CC)CCNc1ccc(S(N)(=O)=O)cc1F. The predicted molar refractivity (Wildman–Crippen MR) is 74.1 cm³/mol. The van der Waals surface area contributed by atoms with Gasteiger partial charge in [-0.15, -0.1) is 0 Å². The van der Waals surface area contributed by atoms with Crippen LogP contribution in [0.1, 0.15) is 13.8 Å². The Balaban J connectivity index is 2.66. The van der Waals surface area contributed by atoms with Crippen LogP contribution in [0.5, 0.6) is 0 Å². The summed E-state index contributed by atoms with van der Waals surface area (Å²) >= 11 is 0. The second kappa shape index (κ2) is 6.83. The zero-order valence-electron chi connectivity index (χ0n) is 11.2. The zero-order chi connectivity index (χ0) is 14.5. The summed E-state index contributed by atoms with van der Waals surface area (Å²) in [7, 11) is -3.86. The van der Waals surface area contributed by atoms with Gasteiger partial charge < -0.3 is 10.2 Å². The van der Waals surface area contributed by atoms with Gasteiger partial charge >= 0.3 is 0 Å². The molecule has 1 aromatic rings. The highest BCUT2D eigenvalue weighted by Gasteiger charge is 2.11. The number of nitrogens with one attached hydrogen (secondary N) is 1. The van der Waals surface area contributed by atoms with Crippen molar-refractivity contribution in [3.05, 3.63) is 24.0 Å². The lowest BCUT2D eigenvalue weighted by atomic mass is 10.3. The lowest BCUT2D eigenvalue weighted by Gasteiger charge is -2.18. The number of rotatable bonds is 7. The molecule has 7 heteroatoms. The van der Waals surface area contributed by atoms with Crippen molar-refractivity contribution in [2.75, 3.05) is 31.5 Å². The summed E-state index contributed by atoms with van der Waals surface area (Å²) in [6.07, 6.45) is 0. The summed E-state index contributed by atoms with van der Waals surface area (Å²) in [5, 5.41) is 7.87. The number of halogens is 1. The lowest BCUT2D eigenvalue weighted by molar-refractivity contribution is 0.316. The summed E-state index contributed by atoms with van der Waals surface area (Å²) in [5.41, 5.74) is 0.277. The highest BCUT2D eigenvalue weighted by atomic mass is 32.2. The van der Waals surface area contributed by atoms with Crippen molar-refractivity contribution in [1.82, 2.24) is 4.90 Å². The number of anilines is 1. The maximum absolute atomic E-state index is 13.7. The molecular formula is C12H20FN3O2S. The molecule has 0 saturated heterocycles. The average molecular weight is 289 g/mol. The Morgan fingerprint density at radius 1 is 1.32 bits per heavy atom. The van der Waals surface area contributed by atoms with Gasteiger partial charge in [-0.2, -0.15) is 0 Å². The molecule has 0 aliphatic rings. The van der Waals surface area contributed by atoms with Crippen molar-refractivity contribution in [2.24, 2.45) is 5.14 Å². The first-order chi connectivity index (χ1) is 8.88. The van der Waals surface area contributed by atoms with E-state index in [1.165, 1.54) is 12.1 Å². The standard InChI is InChI=1S/C12H20FN3O2S/c1-3-16(4-2)8-7-15-12-6-5-10(9-11(12)13)19(14,17)18/h5-6,9,15H,3-4,7-8H2,1-2H3,(H2,14,17,18). The molecule has 3 N–H and O–H groups in total. The molecule has 108 valence electrons. The van der Waals surface area contributed by atoms with Crippen LogP contribution in [0.15, 0.2) is 23.1 Å². The van der Waals surface area contributed by atoms with Gasteiger partial charge in [0.2, 0.25) is 10.0 Å². The van der Waals surface area contributed by atoms with Crippen molar-refractivity contribution in [1.29, 1.82) is 0 Å². The van der Waals surface area contributed by atoms with Crippen molar-refractivity contribution >= 4 is 15.7 Å². The molecule has 0 saturated carbocycles. The molecule has 0 bridgehead atoms. The van der Waals surface area contributed by atoms with Gasteiger partial charge in [-0.05, 0) is 31.3 Å². The Kier molecular flexibility index (Phi) is 5.71. The van der Waals surface area contributed by atoms with Crippen LogP contribution >= 0.6 is 0 Å². The molecule has 0 aliphatic heterocycles. The summed E-state index contributed by atoms with van der Waals surface area (Å²) in [6.45, 7) is 7.38. The molecular weight excluding hydrogens is 269 g/mol. The highest BCUT2D eigenvalue weighted by Crippen LogP contribution is 2.17. The van der Waals surface area contributed by atoms with Crippen LogP contribution in [0, 0.1) is 5.82 Å². The number of hydrogen-bond acceptors (Lipinski definition) is 4. The lowest BCUT2D eigenvalue weighted by Crippen LogP contribution is -2.28. The second-order valence-electron chi connectivity index (χ2n) is 4.14. The fourth-order valence-electron chi connectivity index (χ4n) is 1.70. The molecule has 0 unspecified atom stereocenters. The molecule has 1 rings (SSSR count). The first-order valence-corrected chi connectivity index (χ1v) is 7.71. The first kappa shape index (κ1) is 15.9. The Morgan fingerprint density at radius 2 is 1.95 bits per heavy atom. The van der Waals surface area contributed by atoms with Gasteiger partial charge in [0.1, 0.15) is 5.82 Å². The van der Waals surface area contributed by atoms with Gasteiger partial charge in [-0.3, -0.25) is 0 Å². The third-order valence-electron chi connectivity index (χ3n) is 2.91. The number of hydrogen-bond donors (Lipinski definition) is 2. The molecule has 0 spiro atoms. The largest absolute Gasteiger partial charge is 0.381 e. The minimum absolute atomic E-state index is 0.223. The fourth-order valence-corrected chi connectivity index (χ4v) is 2.23. The van der Waals surface area contributed by atoms with Crippen molar-refractivity contribution in [3.8, 4) is 0 Å².